The maximum absolute atomic E-state index is 4.87. The van der Waals surface area contributed by atoms with E-state index < -0.39 is 0 Å². The molecule has 0 saturated carbocycles. The molecule has 6 nitrogen and oxygen atoms in total. The number of rotatable bonds is 3. The fraction of sp³-hybridized carbons (Fsp3) is 0.273. The van der Waals surface area contributed by atoms with Gasteiger partial charge in [-0.1, -0.05) is 29.4 Å². The lowest BCUT2D eigenvalue weighted by molar-refractivity contribution is 0.213. The Balaban J connectivity index is 2.55. The van der Waals surface area contributed by atoms with Crippen LogP contribution >= 0.6 is 0 Å². The monoisotopic (exact) mass is 231 g/mol. The standard InChI is InChI=1S/C11H13N5O/c1-8-6-4-5-7-9(8)10(13-17-3)11-12-14-15-16(11)2/h4-7H,1-3H3/b13-10-. The minimum atomic E-state index is 0.571. The van der Waals surface area contributed by atoms with E-state index in [9.17, 15) is 0 Å². The summed E-state index contributed by atoms with van der Waals surface area (Å²) in [5.41, 5.74) is 2.66. The first-order valence-corrected chi connectivity index (χ1v) is 5.14. The van der Waals surface area contributed by atoms with E-state index in [0.717, 1.165) is 11.1 Å². The summed E-state index contributed by atoms with van der Waals surface area (Å²) in [5.74, 6) is 0.571. The van der Waals surface area contributed by atoms with Crippen molar-refractivity contribution in [3.05, 3.63) is 41.2 Å². The molecule has 0 fully saturated rings. The van der Waals surface area contributed by atoms with E-state index in [-0.39, 0.29) is 0 Å². The third kappa shape index (κ3) is 2.15. The Bertz CT molecular complexity index is 546. The van der Waals surface area contributed by atoms with Crippen LogP contribution in [0.15, 0.2) is 29.4 Å². The lowest BCUT2D eigenvalue weighted by Crippen LogP contribution is -2.13. The highest BCUT2D eigenvalue weighted by molar-refractivity contribution is 6.11. The molecule has 0 aliphatic rings. The Kier molecular flexibility index (Phi) is 3.13. The van der Waals surface area contributed by atoms with Gasteiger partial charge in [0.15, 0.2) is 5.71 Å². The molecule has 0 spiro atoms. The van der Waals surface area contributed by atoms with Crippen LogP contribution in [0.2, 0.25) is 0 Å². The average molecular weight is 231 g/mol. The van der Waals surface area contributed by atoms with Gasteiger partial charge in [0.2, 0.25) is 5.82 Å². The molecule has 6 heteroatoms. The molecule has 0 atom stereocenters. The van der Waals surface area contributed by atoms with Gasteiger partial charge in [0.25, 0.3) is 0 Å². The van der Waals surface area contributed by atoms with Gasteiger partial charge in [0, 0.05) is 12.6 Å². The van der Waals surface area contributed by atoms with E-state index in [4.69, 9.17) is 4.84 Å². The summed E-state index contributed by atoms with van der Waals surface area (Å²) in [7, 11) is 3.26. The molecule has 0 aliphatic heterocycles. The number of hydrogen-bond acceptors (Lipinski definition) is 5. The van der Waals surface area contributed by atoms with Crippen molar-refractivity contribution in [2.24, 2.45) is 12.2 Å². The van der Waals surface area contributed by atoms with Gasteiger partial charge in [-0.2, -0.15) is 0 Å². The van der Waals surface area contributed by atoms with Crippen LogP contribution in [0.1, 0.15) is 17.0 Å². The molecule has 88 valence electrons. The van der Waals surface area contributed by atoms with Crippen molar-refractivity contribution >= 4 is 5.71 Å². The molecular weight excluding hydrogens is 218 g/mol. The smallest absolute Gasteiger partial charge is 0.204 e. The van der Waals surface area contributed by atoms with E-state index in [2.05, 4.69) is 20.7 Å². The lowest BCUT2D eigenvalue weighted by Gasteiger charge is -2.06. The summed E-state index contributed by atoms with van der Waals surface area (Å²) < 4.78 is 1.56. The maximum atomic E-state index is 4.87. The molecule has 0 radical (unpaired) electrons. The molecule has 1 heterocycles. The Morgan fingerprint density at radius 1 is 1.35 bits per heavy atom. The van der Waals surface area contributed by atoms with Crippen molar-refractivity contribution in [2.75, 3.05) is 7.11 Å². The van der Waals surface area contributed by atoms with E-state index in [1.54, 1.807) is 11.7 Å². The average Bonchev–Trinajstić information content (AvgIpc) is 2.74. The second-order valence-corrected chi connectivity index (χ2v) is 3.56. The molecule has 17 heavy (non-hydrogen) atoms. The Morgan fingerprint density at radius 2 is 2.12 bits per heavy atom. The zero-order valence-electron chi connectivity index (χ0n) is 9.95. The van der Waals surface area contributed by atoms with Gasteiger partial charge in [0.05, 0.1) is 0 Å². The number of aryl methyl sites for hydroxylation is 2. The molecule has 0 unspecified atom stereocenters. The predicted molar refractivity (Wildman–Crippen MR) is 62.6 cm³/mol. The van der Waals surface area contributed by atoms with Gasteiger partial charge in [-0.25, -0.2) is 4.68 Å². The lowest BCUT2D eigenvalue weighted by atomic mass is 10.0. The first-order valence-electron chi connectivity index (χ1n) is 5.14. The van der Waals surface area contributed by atoms with Crippen LogP contribution in [0.3, 0.4) is 0 Å². The number of benzene rings is 1. The van der Waals surface area contributed by atoms with Crippen molar-refractivity contribution < 1.29 is 4.84 Å². The Morgan fingerprint density at radius 3 is 2.71 bits per heavy atom. The van der Waals surface area contributed by atoms with E-state index in [1.165, 1.54) is 7.11 Å². The SMILES string of the molecule is CO/N=C(/c1ccccc1C)c1nnnn1C. The van der Waals surface area contributed by atoms with Gasteiger partial charge < -0.3 is 4.84 Å². The molecule has 0 bridgehead atoms. The minimum absolute atomic E-state index is 0.571. The van der Waals surface area contributed by atoms with Crippen molar-refractivity contribution in [1.29, 1.82) is 0 Å². The summed E-state index contributed by atoms with van der Waals surface area (Å²) in [6.07, 6.45) is 0. The summed E-state index contributed by atoms with van der Waals surface area (Å²) in [5, 5.41) is 15.4. The fourth-order valence-electron chi connectivity index (χ4n) is 1.57. The van der Waals surface area contributed by atoms with Crippen LogP contribution in [-0.4, -0.2) is 33.0 Å². The number of hydrogen-bond donors (Lipinski definition) is 0. The number of aromatic nitrogens is 4. The fourth-order valence-corrected chi connectivity index (χ4v) is 1.57. The highest BCUT2D eigenvalue weighted by Gasteiger charge is 2.16. The van der Waals surface area contributed by atoms with Crippen LogP contribution in [0.4, 0.5) is 0 Å². The van der Waals surface area contributed by atoms with Gasteiger partial charge >= 0.3 is 0 Å². The maximum Gasteiger partial charge on any atom is 0.204 e. The van der Waals surface area contributed by atoms with Crippen LogP contribution in [-0.2, 0) is 11.9 Å². The van der Waals surface area contributed by atoms with Gasteiger partial charge in [0.1, 0.15) is 7.11 Å². The molecular formula is C11H13N5O. The number of nitrogens with zero attached hydrogens (tertiary/aromatic N) is 5. The van der Waals surface area contributed by atoms with Crippen molar-refractivity contribution in [2.45, 2.75) is 6.92 Å². The topological polar surface area (TPSA) is 65.2 Å². The largest absolute Gasteiger partial charge is 0.399 e. The molecule has 0 amide bonds. The van der Waals surface area contributed by atoms with Crippen molar-refractivity contribution in [1.82, 2.24) is 20.2 Å². The highest BCUT2D eigenvalue weighted by atomic mass is 16.6. The molecule has 0 aliphatic carbocycles. The minimum Gasteiger partial charge on any atom is -0.399 e. The van der Waals surface area contributed by atoms with Gasteiger partial charge in [-0.15, -0.1) is 5.10 Å². The third-order valence-corrected chi connectivity index (χ3v) is 2.41. The quantitative estimate of drug-likeness (QED) is 0.582. The summed E-state index contributed by atoms with van der Waals surface area (Å²) >= 11 is 0. The van der Waals surface area contributed by atoms with E-state index in [1.807, 2.05) is 31.2 Å². The first-order chi connectivity index (χ1) is 8.24. The summed E-state index contributed by atoms with van der Waals surface area (Å²) in [6, 6.07) is 7.88. The molecule has 0 saturated heterocycles. The Labute approximate surface area is 98.9 Å². The zero-order valence-corrected chi connectivity index (χ0v) is 9.95. The van der Waals surface area contributed by atoms with Crippen molar-refractivity contribution in [3.63, 3.8) is 0 Å². The van der Waals surface area contributed by atoms with E-state index >= 15 is 0 Å². The molecule has 0 N–H and O–H groups in total. The molecule has 1 aromatic carbocycles. The van der Waals surface area contributed by atoms with Crippen molar-refractivity contribution in [3.8, 4) is 0 Å². The van der Waals surface area contributed by atoms with Crippen LogP contribution in [0.5, 0.6) is 0 Å². The second kappa shape index (κ2) is 4.73. The second-order valence-electron chi connectivity index (χ2n) is 3.56. The van der Waals surface area contributed by atoms with Gasteiger partial charge in [-0.3, -0.25) is 0 Å². The molecule has 2 rings (SSSR count). The van der Waals surface area contributed by atoms with Crippen LogP contribution in [0.25, 0.3) is 0 Å². The molecule has 2 aromatic rings. The van der Waals surface area contributed by atoms with Gasteiger partial charge in [-0.05, 0) is 22.9 Å². The number of oxime groups is 1. The first kappa shape index (κ1) is 11.3. The van der Waals surface area contributed by atoms with Crippen LogP contribution in [0, 0.1) is 6.92 Å². The normalized spacial score (nSPS) is 11.6. The third-order valence-electron chi connectivity index (χ3n) is 2.41. The highest BCUT2D eigenvalue weighted by Crippen LogP contribution is 2.12. The zero-order chi connectivity index (χ0) is 12.3. The predicted octanol–water partition coefficient (Wildman–Crippen LogP) is 0.917. The van der Waals surface area contributed by atoms with E-state index in [0.29, 0.717) is 11.5 Å². The summed E-state index contributed by atoms with van der Waals surface area (Å²) in [4.78, 5) is 4.87. The molecule has 1 aromatic heterocycles. The summed E-state index contributed by atoms with van der Waals surface area (Å²) in [6.45, 7) is 2.00. The number of tetrazole rings is 1. The van der Waals surface area contributed by atoms with Crippen LogP contribution < -0.4 is 0 Å². The Hall–Kier alpha value is -2.24.